The van der Waals surface area contributed by atoms with Crippen LogP contribution in [0.4, 0.5) is 5.69 Å². The van der Waals surface area contributed by atoms with E-state index in [-0.39, 0.29) is 35.8 Å². The number of hydrogen-bond donors (Lipinski definition) is 1. The van der Waals surface area contributed by atoms with Gasteiger partial charge >= 0.3 is 5.97 Å². The first-order valence-corrected chi connectivity index (χ1v) is 9.52. The van der Waals surface area contributed by atoms with Gasteiger partial charge in [-0.1, -0.05) is 29.5 Å². The molecule has 1 unspecified atom stereocenters. The maximum atomic E-state index is 12.7. The zero-order valence-electron chi connectivity index (χ0n) is 17.3. The molecule has 0 aliphatic carbocycles. The highest BCUT2D eigenvalue weighted by atomic mass is 16.6. The summed E-state index contributed by atoms with van der Waals surface area (Å²) in [5.74, 6) is -0.0535. The van der Waals surface area contributed by atoms with Crippen molar-refractivity contribution in [2.45, 2.75) is 26.5 Å². The van der Waals surface area contributed by atoms with Gasteiger partial charge < -0.3 is 14.6 Å². The van der Waals surface area contributed by atoms with Gasteiger partial charge in [0.25, 0.3) is 5.69 Å². The number of aliphatic hydroxyl groups is 1. The third-order valence-corrected chi connectivity index (χ3v) is 4.75. The molecule has 0 aliphatic rings. The lowest BCUT2D eigenvalue weighted by molar-refractivity contribution is -0.386. The molecule has 0 spiro atoms. The molecule has 0 amide bonds. The monoisotopic (exact) mass is 426 g/mol. The predicted molar refractivity (Wildman–Crippen MR) is 110 cm³/mol. The number of hydrogen-bond acceptors (Lipinski definition) is 8. The van der Waals surface area contributed by atoms with Crippen LogP contribution in [0.3, 0.4) is 0 Å². The molecular formula is C21H22N4O6. The number of nitro benzene ring substituents is 1. The summed E-state index contributed by atoms with van der Waals surface area (Å²) in [5, 5.41) is 30.5. The Morgan fingerprint density at radius 3 is 2.58 bits per heavy atom. The summed E-state index contributed by atoms with van der Waals surface area (Å²) >= 11 is 0. The van der Waals surface area contributed by atoms with E-state index in [4.69, 9.17) is 9.47 Å². The van der Waals surface area contributed by atoms with Crippen LogP contribution in [0.25, 0.3) is 0 Å². The summed E-state index contributed by atoms with van der Waals surface area (Å²) in [4.78, 5) is 23.6. The van der Waals surface area contributed by atoms with Crippen molar-refractivity contribution < 1.29 is 24.3 Å². The van der Waals surface area contributed by atoms with Crippen molar-refractivity contribution in [3.05, 3.63) is 80.7 Å². The quantitative estimate of drug-likeness (QED) is 0.331. The van der Waals surface area contributed by atoms with E-state index < -0.39 is 17.0 Å². The molecule has 1 heterocycles. The molecule has 0 fully saturated rings. The number of aromatic nitrogens is 3. The average molecular weight is 426 g/mol. The minimum Gasteiger partial charge on any atom is -0.497 e. The highest BCUT2D eigenvalue weighted by Crippen LogP contribution is 2.33. The van der Waals surface area contributed by atoms with Gasteiger partial charge in [-0.25, -0.2) is 9.48 Å². The third-order valence-electron chi connectivity index (χ3n) is 4.75. The third kappa shape index (κ3) is 4.53. The maximum absolute atomic E-state index is 12.7. The van der Waals surface area contributed by atoms with Gasteiger partial charge in [0.1, 0.15) is 17.5 Å². The van der Waals surface area contributed by atoms with E-state index in [2.05, 4.69) is 10.3 Å². The Labute approximate surface area is 178 Å². The Hall–Kier alpha value is -3.79. The molecule has 3 rings (SSSR count). The van der Waals surface area contributed by atoms with Crippen LogP contribution in [0.15, 0.2) is 42.5 Å². The fourth-order valence-electron chi connectivity index (χ4n) is 3.25. The van der Waals surface area contributed by atoms with Crippen molar-refractivity contribution in [1.82, 2.24) is 15.0 Å². The van der Waals surface area contributed by atoms with E-state index in [1.807, 2.05) is 0 Å². The molecule has 162 valence electrons. The van der Waals surface area contributed by atoms with Crippen molar-refractivity contribution in [3.63, 3.8) is 0 Å². The fourth-order valence-corrected chi connectivity index (χ4v) is 3.25. The number of nitrogens with zero attached hydrogens (tertiary/aromatic N) is 4. The number of aliphatic hydroxyl groups excluding tert-OH is 1. The molecule has 10 heteroatoms. The fraction of sp³-hybridized carbons (Fsp3) is 0.286. The molecule has 0 radical (unpaired) electrons. The van der Waals surface area contributed by atoms with Crippen molar-refractivity contribution >= 4 is 11.7 Å². The number of carbonyl (C=O) groups excluding carboxylic acids is 1. The van der Waals surface area contributed by atoms with E-state index in [9.17, 15) is 20.0 Å². The van der Waals surface area contributed by atoms with Crippen LogP contribution in [0.2, 0.25) is 0 Å². The summed E-state index contributed by atoms with van der Waals surface area (Å²) in [6.45, 7) is 3.56. The number of nitro groups is 1. The molecule has 0 aliphatic heterocycles. The van der Waals surface area contributed by atoms with Gasteiger partial charge in [0.15, 0.2) is 5.69 Å². The Morgan fingerprint density at radius 2 is 1.97 bits per heavy atom. The molecule has 31 heavy (non-hydrogen) atoms. The molecular weight excluding hydrogens is 404 g/mol. The van der Waals surface area contributed by atoms with E-state index in [0.29, 0.717) is 11.3 Å². The van der Waals surface area contributed by atoms with Crippen LogP contribution >= 0.6 is 0 Å². The van der Waals surface area contributed by atoms with E-state index >= 15 is 0 Å². The van der Waals surface area contributed by atoms with Gasteiger partial charge in [-0.05, 0) is 37.1 Å². The van der Waals surface area contributed by atoms with Crippen LogP contribution in [-0.2, 0) is 11.3 Å². The number of methoxy groups -OCH3 is 1. The highest BCUT2D eigenvalue weighted by Gasteiger charge is 2.32. The molecule has 1 N–H and O–H groups in total. The zero-order chi connectivity index (χ0) is 22.5. The Kier molecular flexibility index (Phi) is 6.61. The summed E-state index contributed by atoms with van der Waals surface area (Å²) in [6.07, 6.45) is -1.54. The van der Waals surface area contributed by atoms with Crippen LogP contribution < -0.4 is 4.74 Å². The standard InChI is InChI=1S/C21H22N4O6/c1-4-31-21(27)19-18(20(26)17-13(2)6-5-7-16(17)25(28)29)22-23-24(19)12-14-8-10-15(30-3)11-9-14/h5-11,20,26H,4,12H2,1-3H3. The van der Waals surface area contributed by atoms with Gasteiger partial charge in [-0.2, -0.15) is 0 Å². The summed E-state index contributed by atoms with van der Waals surface area (Å²) in [6, 6.07) is 11.6. The summed E-state index contributed by atoms with van der Waals surface area (Å²) in [7, 11) is 1.56. The molecule has 1 atom stereocenters. The van der Waals surface area contributed by atoms with Crippen LogP contribution in [0.5, 0.6) is 5.75 Å². The largest absolute Gasteiger partial charge is 0.497 e. The molecule has 2 aromatic carbocycles. The number of rotatable bonds is 8. The SMILES string of the molecule is CCOC(=O)c1c(C(O)c2c(C)cccc2[N+](=O)[O-])nnn1Cc1ccc(OC)cc1. The van der Waals surface area contributed by atoms with Gasteiger partial charge in [0, 0.05) is 6.07 Å². The van der Waals surface area contributed by atoms with Crippen molar-refractivity contribution in [1.29, 1.82) is 0 Å². The lowest BCUT2D eigenvalue weighted by atomic mass is 9.98. The van der Waals surface area contributed by atoms with Gasteiger partial charge in [-0.15, -0.1) is 5.10 Å². The number of benzene rings is 2. The highest BCUT2D eigenvalue weighted by molar-refractivity contribution is 5.89. The Balaban J connectivity index is 2.07. The van der Waals surface area contributed by atoms with Crippen molar-refractivity contribution in [3.8, 4) is 5.75 Å². The second kappa shape index (κ2) is 9.35. The van der Waals surface area contributed by atoms with Crippen molar-refractivity contribution in [2.75, 3.05) is 13.7 Å². The van der Waals surface area contributed by atoms with Gasteiger partial charge in [-0.3, -0.25) is 10.1 Å². The summed E-state index contributed by atoms with van der Waals surface area (Å²) < 4.78 is 11.6. The molecule has 0 saturated carbocycles. The van der Waals surface area contributed by atoms with E-state index in [0.717, 1.165) is 5.56 Å². The summed E-state index contributed by atoms with van der Waals surface area (Å²) in [5.41, 5.74) is 0.897. The molecule has 0 saturated heterocycles. The second-order valence-electron chi connectivity index (χ2n) is 6.72. The molecule has 1 aromatic heterocycles. The maximum Gasteiger partial charge on any atom is 0.358 e. The van der Waals surface area contributed by atoms with Crippen molar-refractivity contribution in [2.24, 2.45) is 0 Å². The predicted octanol–water partition coefficient (Wildman–Crippen LogP) is 2.81. The average Bonchev–Trinajstić information content (AvgIpc) is 3.17. The molecule has 10 nitrogen and oxygen atoms in total. The first kappa shape index (κ1) is 21.9. The van der Waals surface area contributed by atoms with Gasteiger partial charge in [0.05, 0.1) is 30.7 Å². The first-order chi connectivity index (χ1) is 14.9. The lowest BCUT2D eigenvalue weighted by Crippen LogP contribution is -2.18. The minimum absolute atomic E-state index is 0.0505. The Morgan fingerprint density at radius 1 is 1.26 bits per heavy atom. The number of ether oxygens (including phenoxy) is 2. The second-order valence-corrected chi connectivity index (χ2v) is 6.72. The minimum atomic E-state index is -1.54. The van der Waals surface area contributed by atoms with Crippen LogP contribution in [0, 0.1) is 17.0 Å². The lowest BCUT2D eigenvalue weighted by Gasteiger charge is -2.14. The molecule has 3 aromatic rings. The number of carbonyl (C=O) groups is 1. The van der Waals surface area contributed by atoms with Crippen LogP contribution in [0.1, 0.15) is 45.9 Å². The number of aryl methyl sites for hydroxylation is 1. The first-order valence-electron chi connectivity index (χ1n) is 9.52. The van der Waals surface area contributed by atoms with Crippen LogP contribution in [-0.4, -0.2) is 44.7 Å². The number of esters is 1. The normalized spacial score (nSPS) is 11.7. The molecule has 0 bridgehead atoms. The Bertz CT molecular complexity index is 1090. The smallest absolute Gasteiger partial charge is 0.358 e. The topological polar surface area (TPSA) is 130 Å². The zero-order valence-corrected chi connectivity index (χ0v) is 17.3. The van der Waals surface area contributed by atoms with E-state index in [1.165, 1.54) is 16.8 Å². The van der Waals surface area contributed by atoms with Gasteiger partial charge in [0.2, 0.25) is 0 Å². The van der Waals surface area contributed by atoms with E-state index in [1.54, 1.807) is 51.3 Å².